The summed E-state index contributed by atoms with van der Waals surface area (Å²) in [6.45, 7) is 8.88. The van der Waals surface area contributed by atoms with Gasteiger partial charge in [-0.2, -0.15) is 0 Å². The monoisotopic (exact) mass is 847 g/mol. The van der Waals surface area contributed by atoms with Gasteiger partial charge in [-0.25, -0.2) is 19.6 Å². The molecule has 330 valence electrons. The van der Waals surface area contributed by atoms with Crippen LogP contribution in [-0.4, -0.2) is 105 Å². The quantitative estimate of drug-likeness (QED) is 0.117. The van der Waals surface area contributed by atoms with Gasteiger partial charge in [-0.3, -0.25) is 14.5 Å². The fourth-order valence-electron chi connectivity index (χ4n) is 10.3. The first kappa shape index (κ1) is 43.0. The smallest absolute Gasteiger partial charge is 0.407 e. The molecule has 2 aromatic carbocycles. The van der Waals surface area contributed by atoms with E-state index in [1.807, 2.05) is 49.9 Å². The lowest BCUT2D eigenvalue weighted by Gasteiger charge is -2.37. The van der Waals surface area contributed by atoms with E-state index in [-0.39, 0.29) is 35.7 Å². The van der Waals surface area contributed by atoms with Crippen LogP contribution in [0.1, 0.15) is 126 Å². The van der Waals surface area contributed by atoms with E-state index < -0.39 is 24.3 Å². The van der Waals surface area contributed by atoms with Crippen molar-refractivity contribution in [2.24, 2.45) is 11.8 Å². The zero-order valence-electron chi connectivity index (χ0n) is 37.0. The molecule has 15 nitrogen and oxygen atoms in total. The Kier molecular flexibility index (Phi) is 12.4. The molecule has 2 unspecified atom stereocenters. The molecule has 2 aromatic heterocycles. The summed E-state index contributed by atoms with van der Waals surface area (Å²) in [6, 6.07) is 11.8. The molecule has 0 spiro atoms. The fraction of sp³-hybridized carbons (Fsp3) is 0.532. The second kappa shape index (κ2) is 18.0. The lowest BCUT2D eigenvalue weighted by atomic mass is 9.82. The van der Waals surface area contributed by atoms with Gasteiger partial charge in [0, 0.05) is 30.7 Å². The summed E-state index contributed by atoms with van der Waals surface area (Å²) in [6.07, 6.45) is 10.0. The van der Waals surface area contributed by atoms with Crippen LogP contribution < -0.4 is 10.6 Å². The molecule has 8 rings (SSSR count). The molecule has 0 saturated carbocycles. The molecule has 4 amide bonds. The molecule has 0 aliphatic carbocycles. The highest BCUT2D eigenvalue weighted by Crippen LogP contribution is 2.57. The lowest BCUT2D eigenvalue weighted by molar-refractivity contribution is -0.139. The fourth-order valence-corrected chi connectivity index (χ4v) is 10.3. The zero-order chi connectivity index (χ0) is 43.8. The molecule has 3 saturated heterocycles. The van der Waals surface area contributed by atoms with Crippen molar-refractivity contribution >= 4 is 24.0 Å². The Morgan fingerprint density at radius 3 is 1.56 bits per heavy atom. The summed E-state index contributed by atoms with van der Waals surface area (Å²) in [5.41, 5.74) is 9.02. The van der Waals surface area contributed by atoms with Crippen LogP contribution in [0.15, 0.2) is 48.8 Å². The van der Waals surface area contributed by atoms with Gasteiger partial charge in [0.1, 0.15) is 23.7 Å². The average Bonchev–Trinajstić information content (AvgIpc) is 4.11. The number of fused-ring (bicyclic) bond motifs is 5. The number of carbonyl (C=O) groups is 4. The number of nitrogens with one attached hydrogen (secondary N) is 4. The number of carbonyl (C=O) groups excluding carboxylic acids is 4. The number of imidazole rings is 2. The van der Waals surface area contributed by atoms with Crippen molar-refractivity contribution in [2.45, 2.75) is 115 Å². The van der Waals surface area contributed by atoms with Crippen LogP contribution in [0.4, 0.5) is 9.59 Å². The van der Waals surface area contributed by atoms with Gasteiger partial charge < -0.3 is 39.9 Å². The number of H-pyrrole nitrogens is 2. The normalized spacial score (nSPS) is 22.1. The number of rotatable bonds is 11. The van der Waals surface area contributed by atoms with E-state index in [2.05, 4.69) is 68.9 Å². The van der Waals surface area contributed by atoms with Crippen LogP contribution in [0.25, 0.3) is 33.6 Å². The number of methoxy groups -OCH3 is 2. The maximum absolute atomic E-state index is 14.0. The molecule has 6 heterocycles. The summed E-state index contributed by atoms with van der Waals surface area (Å²) < 4.78 is 9.65. The minimum absolute atomic E-state index is 0.111. The molecule has 4 aromatic rings. The van der Waals surface area contributed by atoms with E-state index in [0.717, 1.165) is 91.1 Å². The second-order valence-electron chi connectivity index (χ2n) is 18.0. The number of hydrogen-bond acceptors (Lipinski definition) is 9. The van der Waals surface area contributed by atoms with E-state index in [1.165, 1.54) is 30.9 Å². The molecule has 4 N–H and O–H groups in total. The molecule has 0 radical (unpaired) electrons. The molecular formula is C47H61N9O6. The number of alkyl carbamates (subject to hydrolysis) is 2. The SMILES string of the molecule is COC(=O)N[C@H](C(=O)N1CCCC[C@H]1c1ncc(-c2ccc(-c3ccc(-c4cnc([C@@H]5CCCCN5C(=O)[C@@H](NC(=O)OC)C(C)C)[nH]4)c4c3C3CCC4N3C)cc2)[nH]1)C(C)C. The predicted octanol–water partition coefficient (Wildman–Crippen LogP) is 7.82. The third-order valence-electron chi connectivity index (χ3n) is 13.6. The number of amides is 4. The van der Waals surface area contributed by atoms with E-state index in [4.69, 9.17) is 19.4 Å². The maximum atomic E-state index is 14.0. The van der Waals surface area contributed by atoms with E-state index in [0.29, 0.717) is 25.2 Å². The molecule has 3 fully saturated rings. The second-order valence-corrected chi connectivity index (χ2v) is 18.0. The van der Waals surface area contributed by atoms with E-state index in [1.54, 1.807) is 0 Å². The Labute approximate surface area is 363 Å². The summed E-state index contributed by atoms with van der Waals surface area (Å²) in [5.74, 6) is 1.03. The van der Waals surface area contributed by atoms with Crippen molar-refractivity contribution in [1.29, 1.82) is 0 Å². The Bertz CT molecular complexity index is 2280. The first-order valence-corrected chi connectivity index (χ1v) is 22.3. The van der Waals surface area contributed by atoms with Crippen molar-refractivity contribution in [3.63, 3.8) is 0 Å². The van der Waals surface area contributed by atoms with Crippen LogP contribution in [0, 0.1) is 11.8 Å². The Hall–Kier alpha value is -5.70. The molecule has 4 aliphatic heterocycles. The van der Waals surface area contributed by atoms with Crippen LogP contribution in [0.2, 0.25) is 0 Å². The van der Waals surface area contributed by atoms with Crippen molar-refractivity contribution in [2.75, 3.05) is 34.4 Å². The van der Waals surface area contributed by atoms with Crippen LogP contribution in [-0.2, 0) is 19.1 Å². The average molecular weight is 848 g/mol. The lowest BCUT2D eigenvalue weighted by Crippen LogP contribution is -2.53. The van der Waals surface area contributed by atoms with E-state index in [9.17, 15) is 19.2 Å². The van der Waals surface area contributed by atoms with Crippen molar-refractivity contribution in [3.8, 4) is 33.6 Å². The number of likely N-dealkylation sites (tertiary alicyclic amines) is 2. The minimum atomic E-state index is -0.697. The topological polar surface area (TPSA) is 178 Å². The molecule has 4 aliphatic rings. The van der Waals surface area contributed by atoms with Gasteiger partial charge in [-0.05, 0) is 98.1 Å². The van der Waals surface area contributed by atoms with Crippen molar-refractivity contribution < 1.29 is 28.7 Å². The summed E-state index contributed by atoms with van der Waals surface area (Å²) in [7, 11) is 4.84. The molecule has 15 heteroatoms. The van der Waals surface area contributed by atoms with Gasteiger partial charge >= 0.3 is 12.2 Å². The highest BCUT2D eigenvalue weighted by atomic mass is 16.5. The van der Waals surface area contributed by atoms with Gasteiger partial charge in [0.15, 0.2) is 0 Å². The van der Waals surface area contributed by atoms with Gasteiger partial charge in [0.2, 0.25) is 11.8 Å². The van der Waals surface area contributed by atoms with Gasteiger partial charge in [0.25, 0.3) is 0 Å². The zero-order valence-corrected chi connectivity index (χ0v) is 37.0. The summed E-state index contributed by atoms with van der Waals surface area (Å²) in [4.78, 5) is 75.2. The number of ether oxygens (including phenoxy) is 2. The molecular weight excluding hydrogens is 787 g/mol. The first-order valence-electron chi connectivity index (χ1n) is 22.3. The number of piperidine rings is 2. The molecule has 62 heavy (non-hydrogen) atoms. The maximum Gasteiger partial charge on any atom is 0.407 e. The number of benzene rings is 2. The van der Waals surface area contributed by atoms with Gasteiger partial charge in [-0.15, -0.1) is 0 Å². The van der Waals surface area contributed by atoms with Crippen molar-refractivity contribution in [3.05, 3.63) is 71.6 Å². The Morgan fingerprint density at radius 1 is 0.613 bits per heavy atom. The first-order chi connectivity index (χ1) is 29.9. The summed E-state index contributed by atoms with van der Waals surface area (Å²) >= 11 is 0. The highest BCUT2D eigenvalue weighted by molar-refractivity contribution is 5.87. The minimum Gasteiger partial charge on any atom is -0.453 e. The molecule has 6 atom stereocenters. The Balaban J connectivity index is 1.04. The van der Waals surface area contributed by atoms with Crippen LogP contribution in [0.3, 0.4) is 0 Å². The third-order valence-corrected chi connectivity index (χ3v) is 13.6. The highest BCUT2D eigenvalue weighted by Gasteiger charge is 2.45. The van der Waals surface area contributed by atoms with Gasteiger partial charge in [-0.1, -0.05) is 64.1 Å². The van der Waals surface area contributed by atoms with E-state index >= 15 is 0 Å². The summed E-state index contributed by atoms with van der Waals surface area (Å²) in [5, 5.41) is 5.50. The largest absolute Gasteiger partial charge is 0.453 e. The van der Waals surface area contributed by atoms with Crippen LogP contribution >= 0.6 is 0 Å². The predicted molar refractivity (Wildman–Crippen MR) is 234 cm³/mol. The molecule has 2 bridgehead atoms. The number of aromatic nitrogens is 4. The standard InChI is InChI=1S/C47H61N9O6/c1-26(2)40(52-46(59)61-6)44(57)55-22-10-8-12-36(55)42-48-24-32(50-42)29-16-14-28(15-17-29)30-18-19-31(39-35-21-20-34(38(30)39)54(35)5)33-25-49-43(51-33)37-13-9-11-23-56(37)45(58)41(27(3)4)53-47(60)62-7/h14-19,24-27,34-37,40-41H,8-13,20-23H2,1-7H3,(H,48,50)(H,49,51)(H,52,59)(H,53,60)/t34?,35?,36-,37-,40-,41-/m0/s1. The Morgan fingerprint density at radius 2 is 1.06 bits per heavy atom. The number of nitrogens with zero attached hydrogens (tertiary/aromatic N) is 5. The third kappa shape index (κ3) is 8.07. The van der Waals surface area contributed by atoms with Gasteiger partial charge in [0.05, 0.1) is 50.1 Å². The van der Waals surface area contributed by atoms with Crippen LogP contribution in [0.5, 0.6) is 0 Å². The van der Waals surface area contributed by atoms with Crippen molar-refractivity contribution in [1.82, 2.24) is 45.3 Å². The number of aromatic amines is 2. The number of hydrogen-bond donors (Lipinski definition) is 4.